The van der Waals surface area contributed by atoms with Gasteiger partial charge in [-0.05, 0) is 33.7 Å². The number of hydrogen-bond donors (Lipinski definition) is 1. The SMILES string of the molecule is CCN(CC)C(=O)C(C)NCCCC#N. The molecule has 1 atom stereocenters. The summed E-state index contributed by atoms with van der Waals surface area (Å²) >= 11 is 0. The van der Waals surface area contributed by atoms with Crippen LogP contribution in [0.4, 0.5) is 0 Å². The molecule has 1 unspecified atom stereocenters. The Morgan fingerprint density at radius 2 is 2.07 bits per heavy atom. The Morgan fingerprint density at radius 1 is 1.47 bits per heavy atom. The monoisotopic (exact) mass is 211 g/mol. The van der Waals surface area contributed by atoms with Gasteiger partial charge in [0.2, 0.25) is 5.91 Å². The van der Waals surface area contributed by atoms with E-state index >= 15 is 0 Å². The van der Waals surface area contributed by atoms with Crippen LogP contribution in [0, 0.1) is 11.3 Å². The molecule has 0 saturated heterocycles. The molecule has 0 aliphatic carbocycles. The summed E-state index contributed by atoms with van der Waals surface area (Å²) in [5.74, 6) is 0.136. The molecule has 0 aromatic carbocycles. The van der Waals surface area contributed by atoms with E-state index in [4.69, 9.17) is 5.26 Å². The Hall–Kier alpha value is -1.08. The topological polar surface area (TPSA) is 56.1 Å². The molecular weight excluding hydrogens is 190 g/mol. The lowest BCUT2D eigenvalue weighted by Crippen LogP contribution is -2.45. The summed E-state index contributed by atoms with van der Waals surface area (Å²) in [6, 6.07) is 1.93. The Labute approximate surface area is 92.3 Å². The first-order valence-corrected chi connectivity index (χ1v) is 5.56. The second-order valence-electron chi connectivity index (χ2n) is 3.45. The molecule has 1 amide bonds. The fourth-order valence-corrected chi connectivity index (χ4v) is 1.38. The largest absolute Gasteiger partial charge is 0.342 e. The fourth-order valence-electron chi connectivity index (χ4n) is 1.38. The van der Waals surface area contributed by atoms with Gasteiger partial charge in [-0.25, -0.2) is 0 Å². The van der Waals surface area contributed by atoms with Crippen LogP contribution in [0.25, 0.3) is 0 Å². The van der Waals surface area contributed by atoms with Gasteiger partial charge < -0.3 is 10.2 Å². The quantitative estimate of drug-likeness (QED) is 0.642. The lowest BCUT2D eigenvalue weighted by Gasteiger charge is -2.23. The summed E-state index contributed by atoms with van der Waals surface area (Å²) < 4.78 is 0. The van der Waals surface area contributed by atoms with Crippen LogP contribution in [-0.2, 0) is 4.79 Å². The summed E-state index contributed by atoms with van der Waals surface area (Å²) in [5, 5.41) is 11.5. The molecule has 0 aromatic heterocycles. The smallest absolute Gasteiger partial charge is 0.239 e. The Kier molecular flexibility index (Phi) is 7.65. The number of carbonyl (C=O) groups is 1. The Morgan fingerprint density at radius 3 is 2.53 bits per heavy atom. The summed E-state index contributed by atoms with van der Waals surface area (Å²) in [4.78, 5) is 13.6. The summed E-state index contributed by atoms with van der Waals surface area (Å²) in [5.41, 5.74) is 0. The zero-order valence-corrected chi connectivity index (χ0v) is 9.92. The number of nitrogens with zero attached hydrogens (tertiary/aromatic N) is 2. The first-order chi connectivity index (χ1) is 7.17. The molecule has 0 rings (SSSR count). The molecule has 0 aromatic rings. The minimum absolute atomic E-state index is 0.136. The predicted molar refractivity (Wildman–Crippen MR) is 60.2 cm³/mol. The summed E-state index contributed by atoms with van der Waals surface area (Å²) in [6.45, 7) is 8.04. The van der Waals surface area contributed by atoms with Crippen molar-refractivity contribution in [2.24, 2.45) is 0 Å². The molecule has 4 heteroatoms. The van der Waals surface area contributed by atoms with E-state index in [-0.39, 0.29) is 11.9 Å². The van der Waals surface area contributed by atoms with Crippen molar-refractivity contribution in [1.82, 2.24) is 10.2 Å². The van der Waals surface area contributed by atoms with Crippen molar-refractivity contribution in [2.75, 3.05) is 19.6 Å². The Bertz CT molecular complexity index is 218. The van der Waals surface area contributed by atoms with Gasteiger partial charge >= 0.3 is 0 Å². The van der Waals surface area contributed by atoms with Crippen LogP contribution in [0.1, 0.15) is 33.6 Å². The van der Waals surface area contributed by atoms with Gasteiger partial charge in [-0.2, -0.15) is 5.26 Å². The number of amides is 1. The van der Waals surface area contributed by atoms with Gasteiger partial charge in [0, 0.05) is 19.5 Å². The van der Waals surface area contributed by atoms with E-state index in [0.717, 1.165) is 26.1 Å². The first-order valence-electron chi connectivity index (χ1n) is 5.56. The lowest BCUT2D eigenvalue weighted by molar-refractivity contribution is -0.132. The second kappa shape index (κ2) is 8.25. The van der Waals surface area contributed by atoms with E-state index < -0.39 is 0 Å². The van der Waals surface area contributed by atoms with Crippen molar-refractivity contribution in [2.45, 2.75) is 39.7 Å². The molecule has 0 spiro atoms. The van der Waals surface area contributed by atoms with Crippen molar-refractivity contribution in [1.29, 1.82) is 5.26 Å². The van der Waals surface area contributed by atoms with Gasteiger partial charge in [0.1, 0.15) is 0 Å². The van der Waals surface area contributed by atoms with Gasteiger partial charge in [0.15, 0.2) is 0 Å². The van der Waals surface area contributed by atoms with Crippen molar-refractivity contribution in [3.05, 3.63) is 0 Å². The number of rotatable bonds is 7. The zero-order valence-electron chi connectivity index (χ0n) is 9.92. The summed E-state index contributed by atoms with van der Waals surface area (Å²) in [6.07, 6.45) is 1.34. The number of hydrogen-bond acceptors (Lipinski definition) is 3. The van der Waals surface area contributed by atoms with Gasteiger partial charge in [-0.3, -0.25) is 4.79 Å². The van der Waals surface area contributed by atoms with Crippen LogP contribution in [-0.4, -0.2) is 36.5 Å². The number of carbonyl (C=O) groups excluding carboxylic acids is 1. The Balaban J connectivity index is 3.83. The average molecular weight is 211 g/mol. The van der Waals surface area contributed by atoms with E-state index in [1.54, 1.807) is 0 Å². The van der Waals surface area contributed by atoms with Crippen LogP contribution in [0.3, 0.4) is 0 Å². The molecule has 0 fully saturated rings. The van der Waals surface area contributed by atoms with Crippen molar-refractivity contribution in [3.8, 4) is 6.07 Å². The van der Waals surface area contributed by atoms with Crippen molar-refractivity contribution >= 4 is 5.91 Å². The molecule has 0 saturated carbocycles. The maximum atomic E-state index is 11.8. The predicted octanol–water partition coefficient (Wildman–Crippen LogP) is 1.14. The number of unbranched alkanes of at least 4 members (excludes halogenated alkanes) is 1. The zero-order chi connectivity index (χ0) is 11.7. The minimum atomic E-state index is -0.149. The standard InChI is InChI=1S/C11H21N3O/c1-4-14(5-2)11(15)10(3)13-9-7-6-8-12/h10,13H,4-7,9H2,1-3H3. The van der Waals surface area contributed by atoms with E-state index in [1.807, 2.05) is 25.7 Å². The molecule has 0 heterocycles. The third-order valence-corrected chi connectivity index (χ3v) is 2.36. The van der Waals surface area contributed by atoms with Gasteiger partial charge in [0.25, 0.3) is 0 Å². The molecule has 1 N–H and O–H groups in total. The molecule has 0 aliphatic rings. The lowest BCUT2D eigenvalue weighted by atomic mass is 10.2. The maximum Gasteiger partial charge on any atom is 0.239 e. The molecule has 0 bridgehead atoms. The third kappa shape index (κ3) is 5.38. The van der Waals surface area contributed by atoms with Crippen LogP contribution in [0.5, 0.6) is 0 Å². The highest BCUT2D eigenvalue weighted by Crippen LogP contribution is 1.95. The van der Waals surface area contributed by atoms with Gasteiger partial charge in [-0.15, -0.1) is 0 Å². The van der Waals surface area contributed by atoms with Gasteiger partial charge in [0.05, 0.1) is 12.1 Å². The highest BCUT2D eigenvalue weighted by Gasteiger charge is 2.16. The molecule has 86 valence electrons. The van der Waals surface area contributed by atoms with E-state index in [1.165, 1.54) is 0 Å². The van der Waals surface area contributed by atoms with Crippen molar-refractivity contribution < 1.29 is 4.79 Å². The first kappa shape index (κ1) is 13.9. The van der Waals surface area contributed by atoms with Crippen molar-refractivity contribution in [3.63, 3.8) is 0 Å². The third-order valence-electron chi connectivity index (χ3n) is 2.36. The normalized spacial score (nSPS) is 11.9. The molecular formula is C11H21N3O. The fraction of sp³-hybridized carbons (Fsp3) is 0.818. The van der Waals surface area contributed by atoms with Crippen LogP contribution < -0.4 is 5.32 Å². The van der Waals surface area contributed by atoms with E-state index in [0.29, 0.717) is 6.42 Å². The molecule has 4 nitrogen and oxygen atoms in total. The minimum Gasteiger partial charge on any atom is -0.342 e. The van der Waals surface area contributed by atoms with Crippen LogP contribution >= 0.6 is 0 Å². The summed E-state index contributed by atoms with van der Waals surface area (Å²) in [7, 11) is 0. The number of nitrogens with one attached hydrogen (secondary N) is 1. The van der Waals surface area contributed by atoms with Crippen LogP contribution in [0.15, 0.2) is 0 Å². The maximum absolute atomic E-state index is 11.8. The molecule has 15 heavy (non-hydrogen) atoms. The highest BCUT2D eigenvalue weighted by molar-refractivity contribution is 5.81. The van der Waals surface area contributed by atoms with Crippen LogP contribution in [0.2, 0.25) is 0 Å². The average Bonchev–Trinajstić information content (AvgIpc) is 2.25. The van der Waals surface area contributed by atoms with E-state index in [2.05, 4.69) is 11.4 Å². The number of likely N-dealkylation sites (N-methyl/N-ethyl adjacent to an activating group) is 1. The molecule has 0 radical (unpaired) electrons. The number of nitriles is 1. The highest BCUT2D eigenvalue weighted by atomic mass is 16.2. The second-order valence-corrected chi connectivity index (χ2v) is 3.45. The van der Waals surface area contributed by atoms with Gasteiger partial charge in [-0.1, -0.05) is 0 Å². The molecule has 0 aliphatic heterocycles. The van der Waals surface area contributed by atoms with E-state index in [9.17, 15) is 4.79 Å².